The third-order valence-electron chi connectivity index (χ3n) is 2.05. The highest BCUT2D eigenvalue weighted by molar-refractivity contribution is 5.37. The van der Waals surface area contributed by atoms with Gasteiger partial charge in [0.2, 0.25) is 0 Å². The molecule has 0 spiro atoms. The monoisotopic (exact) mass is 179 g/mol. The topological polar surface area (TPSA) is 49.9 Å². The largest absolute Gasteiger partial charge is 0.497 e. The van der Waals surface area contributed by atoms with Gasteiger partial charge < -0.3 is 10.1 Å². The summed E-state index contributed by atoms with van der Waals surface area (Å²) in [6.07, 6.45) is 9.91. The number of nitrogens with one attached hydrogen (secondary N) is 2. The second-order valence-electron chi connectivity index (χ2n) is 3.08. The van der Waals surface area contributed by atoms with Crippen molar-refractivity contribution in [2.45, 2.75) is 18.9 Å². The Bertz CT molecular complexity index is 268. The van der Waals surface area contributed by atoms with Gasteiger partial charge in [0.1, 0.15) is 6.10 Å². The first-order valence-corrected chi connectivity index (χ1v) is 4.48. The minimum Gasteiger partial charge on any atom is -0.497 e. The summed E-state index contributed by atoms with van der Waals surface area (Å²) in [5, 5.41) is 9.84. The van der Waals surface area contributed by atoms with Crippen molar-refractivity contribution in [1.29, 1.82) is 0 Å². The number of aromatic amines is 1. The molecule has 1 aliphatic rings. The predicted octanol–water partition coefficient (Wildman–Crippen LogP) is 1.51. The van der Waals surface area contributed by atoms with Crippen molar-refractivity contribution in [2.75, 3.05) is 11.9 Å². The van der Waals surface area contributed by atoms with E-state index in [0.717, 1.165) is 25.1 Å². The lowest BCUT2D eigenvalue weighted by Gasteiger charge is -2.19. The molecule has 70 valence electrons. The SMILES string of the molecule is C1=COC(CNc2cn[nH]c2)CC1. The number of hydrogen-bond acceptors (Lipinski definition) is 3. The molecule has 1 atom stereocenters. The van der Waals surface area contributed by atoms with E-state index >= 15 is 0 Å². The van der Waals surface area contributed by atoms with Crippen LogP contribution in [0.1, 0.15) is 12.8 Å². The molecule has 0 bridgehead atoms. The summed E-state index contributed by atoms with van der Waals surface area (Å²) >= 11 is 0. The third-order valence-corrected chi connectivity index (χ3v) is 2.05. The summed E-state index contributed by atoms with van der Waals surface area (Å²) in [5.74, 6) is 0. The first-order chi connectivity index (χ1) is 6.45. The lowest BCUT2D eigenvalue weighted by Crippen LogP contribution is -2.22. The number of anilines is 1. The van der Waals surface area contributed by atoms with Gasteiger partial charge in [0.25, 0.3) is 0 Å². The minimum atomic E-state index is 0.292. The average Bonchev–Trinajstić information content (AvgIpc) is 2.69. The summed E-state index contributed by atoms with van der Waals surface area (Å²) in [6.45, 7) is 0.837. The van der Waals surface area contributed by atoms with Gasteiger partial charge in [-0.1, -0.05) is 0 Å². The molecule has 2 heterocycles. The van der Waals surface area contributed by atoms with Gasteiger partial charge in [0.15, 0.2) is 0 Å². The number of ether oxygens (including phenoxy) is 1. The van der Waals surface area contributed by atoms with Gasteiger partial charge in [0, 0.05) is 6.20 Å². The Morgan fingerprint density at radius 3 is 3.38 bits per heavy atom. The second kappa shape index (κ2) is 3.98. The summed E-state index contributed by atoms with van der Waals surface area (Å²) in [4.78, 5) is 0. The summed E-state index contributed by atoms with van der Waals surface area (Å²) in [5.41, 5.74) is 1.01. The molecule has 2 N–H and O–H groups in total. The number of H-pyrrole nitrogens is 1. The fourth-order valence-electron chi connectivity index (χ4n) is 1.31. The van der Waals surface area contributed by atoms with Crippen molar-refractivity contribution in [2.24, 2.45) is 0 Å². The molecule has 0 aliphatic carbocycles. The van der Waals surface area contributed by atoms with Crippen LogP contribution in [0.2, 0.25) is 0 Å². The molecule has 1 aromatic heterocycles. The van der Waals surface area contributed by atoms with Gasteiger partial charge in [-0.05, 0) is 18.9 Å². The number of nitrogens with zero attached hydrogens (tertiary/aromatic N) is 1. The van der Waals surface area contributed by atoms with Gasteiger partial charge in [0.05, 0.1) is 24.7 Å². The van der Waals surface area contributed by atoms with Crippen LogP contribution in [0.25, 0.3) is 0 Å². The van der Waals surface area contributed by atoms with Crippen LogP contribution in [0.3, 0.4) is 0 Å². The molecule has 2 rings (SSSR count). The van der Waals surface area contributed by atoms with Gasteiger partial charge in [-0.2, -0.15) is 5.10 Å². The first-order valence-electron chi connectivity index (χ1n) is 4.48. The van der Waals surface area contributed by atoms with E-state index in [-0.39, 0.29) is 0 Å². The van der Waals surface area contributed by atoms with Gasteiger partial charge >= 0.3 is 0 Å². The Kier molecular flexibility index (Phi) is 2.50. The quantitative estimate of drug-likeness (QED) is 0.739. The summed E-state index contributed by atoms with van der Waals surface area (Å²) in [7, 11) is 0. The van der Waals surface area contributed by atoms with Crippen molar-refractivity contribution in [1.82, 2.24) is 10.2 Å². The molecule has 0 saturated heterocycles. The van der Waals surface area contributed by atoms with Crippen molar-refractivity contribution in [3.8, 4) is 0 Å². The highest BCUT2D eigenvalue weighted by atomic mass is 16.5. The maximum atomic E-state index is 5.40. The van der Waals surface area contributed by atoms with Gasteiger partial charge in [-0.15, -0.1) is 0 Å². The zero-order valence-electron chi connectivity index (χ0n) is 7.36. The Labute approximate surface area is 77.0 Å². The lowest BCUT2D eigenvalue weighted by atomic mass is 10.1. The van der Waals surface area contributed by atoms with Crippen molar-refractivity contribution in [3.63, 3.8) is 0 Å². The lowest BCUT2D eigenvalue weighted by molar-refractivity contribution is 0.135. The highest BCUT2D eigenvalue weighted by Crippen LogP contribution is 2.11. The van der Waals surface area contributed by atoms with Crippen molar-refractivity contribution < 1.29 is 4.74 Å². The molecule has 1 aliphatic heterocycles. The van der Waals surface area contributed by atoms with Crippen LogP contribution >= 0.6 is 0 Å². The van der Waals surface area contributed by atoms with Crippen LogP contribution in [0, 0.1) is 0 Å². The standard InChI is InChI=1S/C9H13N3O/c1-2-4-13-9(3-1)7-10-8-5-11-12-6-8/h2,4-6,9-10H,1,3,7H2,(H,11,12). The van der Waals surface area contributed by atoms with Crippen molar-refractivity contribution in [3.05, 3.63) is 24.7 Å². The fourth-order valence-corrected chi connectivity index (χ4v) is 1.31. The Morgan fingerprint density at radius 1 is 1.69 bits per heavy atom. The van der Waals surface area contributed by atoms with Crippen LogP contribution in [0.4, 0.5) is 5.69 Å². The van der Waals surface area contributed by atoms with E-state index in [1.165, 1.54) is 0 Å². The van der Waals surface area contributed by atoms with Crippen LogP contribution in [0.5, 0.6) is 0 Å². The molecule has 4 nitrogen and oxygen atoms in total. The molecule has 0 aromatic carbocycles. The summed E-state index contributed by atoms with van der Waals surface area (Å²) in [6, 6.07) is 0. The smallest absolute Gasteiger partial charge is 0.115 e. The Hall–Kier alpha value is -1.45. The van der Waals surface area contributed by atoms with E-state index in [1.54, 1.807) is 12.5 Å². The van der Waals surface area contributed by atoms with E-state index in [1.807, 2.05) is 12.3 Å². The van der Waals surface area contributed by atoms with Gasteiger partial charge in [-0.3, -0.25) is 5.10 Å². The van der Waals surface area contributed by atoms with Crippen molar-refractivity contribution >= 4 is 5.69 Å². The van der Waals surface area contributed by atoms with E-state index in [0.29, 0.717) is 6.10 Å². The summed E-state index contributed by atoms with van der Waals surface area (Å²) < 4.78 is 5.40. The third kappa shape index (κ3) is 2.24. The molecular formula is C9H13N3O. The normalized spacial score (nSPS) is 21.1. The highest BCUT2D eigenvalue weighted by Gasteiger charge is 2.09. The molecule has 1 unspecified atom stereocenters. The predicted molar refractivity (Wildman–Crippen MR) is 50.3 cm³/mol. The van der Waals surface area contributed by atoms with E-state index < -0.39 is 0 Å². The second-order valence-corrected chi connectivity index (χ2v) is 3.08. The molecule has 0 amide bonds. The van der Waals surface area contributed by atoms with Crippen LogP contribution in [-0.2, 0) is 4.74 Å². The molecule has 0 fully saturated rings. The van der Waals surface area contributed by atoms with E-state index in [4.69, 9.17) is 4.74 Å². The van der Waals surface area contributed by atoms with Gasteiger partial charge in [-0.25, -0.2) is 0 Å². The number of rotatable bonds is 3. The Balaban J connectivity index is 1.76. The molecular weight excluding hydrogens is 166 g/mol. The first kappa shape index (κ1) is 8.16. The van der Waals surface area contributed by atoms with E-state index in [9.17, 15) is 0 Å². The van der Waals surface area contributed by atoms with Crippen LogP contribution in [0.15, 0.2) is 24.7 Å². The number of hydrogen-bond donors (Lipinski definition) is 2. The molecule has 13 heavy (non-hydrogen) atoms. The van der Waals surface area contributed by atoms with Crippen LogP contribution < -0.4 is 5.32 Å². The number of allylic oxidation sites excluding steroid dienone is 1. The molecule has 1 aromatic rings. The molecule has 0 saturated carbocycles. The number of aromatic nitrogens is 2. The zero-order chi connectivity index (χ0) is 8.93. The fraction of sp³-hybridized carbons (Fsp3) is 0.444. The molecule has 4 heteroatoms. The minimum absolute atomic E-state index is 0.292. The van der Waals surface area contributed by atoms with E-state index in [2.05, 4.69) is 15.5 Å². The van der Waals surface area contributed by atoms with Crippen LogP contribution in [-0.4, -0.2) is 22.8 Å². The average molecular weight is 179 g/mol. The zero-order valence-corrected chi connectivity index (χ0v) is 7.36. The molecule has 0 radical (unpaired) electrons. The maximum absolute atomic E-state index is 5.40. The Morgan fingerprint density at radius 2 is 2.69 bits per heavy atom. The maximum Gasteiger partial charge on any atom is 0.115 e.